The summed E-state index contributed by atoms with van der Waals surface area (Å²) in [6.07, 6.45) is 1.09. The third-order valence-electron chi connectivity index (χ3n) is 2.63. The predicted octanol–water partition coefficient (Wildman–Crippen LogP) is 2.62. The molecule has 1 rings (SSSR count). The smallest absolute Gasteiger partial charge is 0.336 e. The van der Waals surface area contributed by atoms with Crippen molar-refractivity contribution < 1.29 is 9.90 Å². The van der Waals surface area contributed by atoms with E-state index < -0.39 is 5.97 Å². The number of benzene rings is 1. The van der Waals surface area contributed by atoms with Gasteiger partial charge in [0.25, 0.3) is 0 Å². The van der Waals surface area contributed by atoms with E-state index in [-0.39, 0.29) is 0 Å². The van der Waals surface area contributed by atoms with Crippen molar-refractivity contribution in [3.63, 3.8) is 0 Å². The quantitative estimate of drug-likeness (QED) is 0.802. The first kappa shape index (κ1) is 12.7. The van der Waals surface area contributed by atoms with Crippen molar-refractivity contribution in [2.24, 2.45) is 0 Å². The van der Waals surface area contributed by atoms with Gasteiger partial charge >= 0.3 is 5.97 Å². The number of carbonyl (C=O) groups is 1. The fourth-order valence-electron chi connectivity index (χ4n) is 1.77. The minimum atomic E-state index is -0.844. The first-order chi connectivity index (χ1) is 7.69. The van der Waals surface area contributed by atoms with Crippen molar-refractivity contribution in [2.75, 3.05) is 13.1 Å². The largest absolute Gasteiger partial charge is 0.478 e. The van der Waals surface area contributed by atoms with Gasteiger partial charge in [0.15, 0.2) is 0 Å². The fourth-order valence-corrected chi connectivity index (χ4v) is 1.77. The van der Waals surface area contributed by atoms with Gasteiger partial charge in [-0.15, -0.1) is 0 Å². The average molecular weight is 221 g/mol. The van der Waals surface area contributed by atoms with Gasteiger partial charge in [0.2, 0.25) is 0 Å². The maximum atomic E-state index is 11.0. The summed E-state index contributed by atoms with van der Waals surface area (Å²) in [5, 5.41) is 9.06. The normalized spacial score (nSPS) is 10.7. The highest BCUT2D eigenvalue weighted by molar-refractivity contribution is 5.89. The molecular formula is C13H19NO2. The molecule has 0 radical (unpaired) electrons. The second kappa shape index (κ2) is 6.28. The molecule has 88 valence electrons. The number of rotatable bonds is 6. The lowest BCUT2D eigenvalue weighted by molar-refractivity contribution is 0.0694. The summed E-state index contributed by atoms with van der Waals surface area (Å²) in [6, 6.07) is 7.21. The third-order valence-corrected chi connectivity index (χ3v) is 2.63. The van der Waals surface area contributed by atoms with Crippen molar-refractivity contribution in [2.45, 2.75) is 26.8 Å². The molecule has 0 spiro atoms. The zero-order valence-electron chi connectivity index (χ0n) is 9.94. The highest BCUT2D eigenvalue weighted by atomic mass is 16.4. The summed E-state index contributed by atoms with van der Waals surface area (Å²) in [4.78, 5) is 13.3. The fraction of sp³-hybridized carbons (Fsp3) is 0.462. The maximum absolute atomic E-state index is 11.0. The van der Waals surface area contributed by atoms with E-state index >= 15 is 0 Å². The predicted molar refractivity (Wildman–Crippen MR) is 64.6 cm³/mol. The van der Waals surface area contributed by atoms with Crippen LogP contribution in [0, 0.1) is 0 Å². The van der Waals surface area contributed by atoms with Crippen LogP contribution in [0.3, 0.4) is 0 Å². The molecule has 16 heavy (non-hydrogen) atoms. The van der Waals surface area contributed by atoms with Crippen molar-refractivity contribution in [3.05, 3.63) is 35.4 Å². The van der Waals surface area contributed by atoms with Gasteiger partial charge in [-0.05, 0) is 31.1 Å². The molecule has 0 heterocycles. The van der Waals surface area contributed by atoms with Crippen LogP contribution in [-0.4, -0.2) is 29.1 Å². The summed E-state index contributed by atoms with van der Waals surface area (Å²) in [7, 11) is 0. The lowest BCUT2D eigenvalue weighted by atomic mass is 10.1. The SMILES string of the molecule is CCCN(CC)Cc1ccccc1C(=O)O. The van der Waals surface area contributed by atoms with Crippen molar-refractivity contribution in [3.8, 4) is 0 Å². The Morgan fingerprint density at radius 1 is 1.31 bits per heavy atom. The molecule has 0 saturated carbocycles. The first-order valence-electron chi connectivity index (χ1n) is 5.72. The Bertz CT molecular complexity index is 350. The molecule has 0 atom stereocenters. The molecule has 3 heteroatoms. The second-order valence-corrected chi connectivity index (χ2v) is 3.83. The number of nitrogens with zero attached hydrogens (tertiary/aromatic N) is 1. The second-order valence-electron chi connectivity index (χ2n) is 3.83. The van der Waals surface area contributed by atoms with E-state index in [4.69, 9.17) is 5.11 Å². The van der Waals surface area contributed by atoms with Crippen LogP contribution in [0.4, 0.5) is 0 Å². The van der Waals surface area contributed by atoms with Gasteiger partial charge in [-0.2, -0.15) is 0 Å². The van der Waals surface area contributed by atoms with Crippen molar-refractivity contribution in [1.82, 2.24) is 4.90 Å². The van der Waals surface area contributed by atoms with E-state index in [1.807, 2.05) is 12.1 Å². The molecule has 1 N–H and O–H groups in total. The van der Waals surface area contributed by atoms with Crippen LogP contribution in [-0.2, 0) is 6.54 Å². The highest BCUT2D eigenvalue weighted by Crippen LogP contribution is 2.12. The molecule has 0 aliphatic carbocycles. The minimum Gasteiger partial charge on any atom is -0.478 e. The van der Waals surface area contributed by atoms with E-state index in [1.165, 1.54) is 0 Å². The highest BCUT2D eigenvalue weighted by Gasteiger charge is 2.11. The maximum Gasteiger partial charge on any atom is 0.336 e. The Kier molecular flexibility index (Phi) is 4.99. The zero-order chi connectivity index (χ0) is 12.0. The minimum absolute atomic E-state index is 0.414. The summed E-state index contributed by atoms with van der Waals surface area (Å²) in [6.45, 7) is 6.89. The van der Waals surface area contributed by atoms with E-state index in [2.05, 4.69) is 18.7 Å². The van der Waals surface area contributed by atoms with Crippen LogP contribution >= 0.6 is 0 Å². The number of hydrogen-bond acceptors (Lipinski definition) is 2. The Hall–Kier alpha value is -1.35. The molecular weight excluding hydrogens is 202 g/mol. The third kappa shape index (κ3) is 3.35. The molecule has 1 aromatic carbocycles. The Morgan fingerprint density at radius 2 is 2.00 bits per heavy atom. The lowest BCUT2D eigenvalue weighted by Gasteiger charge is -2.20. The molecule has 0 aromatic heterocycles. The topological polar surface area (TPSA) is 40.5 Å². The van der Waals surface area contributed by atoms with Gasteiger partial charge in [0.1, 0.15) is 0 Å². The number of carboxylic acids is 1. The standard InChI is InChI=1S/C13H19NO2/c1-3-9-14(4-2)10-11-7-5-6-8-12(11)13(15)16/h5-8H,3-4,9-10H2,1-2H3,(H,15,16). The number of carboxylic acid groups (broad SMARTS) is 1. The molecule has 0 aliphatic rings. The summed E-state index contributed by atoms with van der Waals surface area (Å²) >= 11 is 0. The van der Waals surface area contributed by atoms with Crippen LogP contribution in [0.15, 0.2) is 24.3 Å². The lowest BCUT2D eigenvalue weighted by Crippen LogP contribution is -2.24. The molecule has 0 unspecified atom stereocenters. The molecule has 0 fully saturated rings. The van der Waals surface area contributed by atoms with Crippen LogP contribution in [0.5, 0.6) is 0 Å². The van der Waals surface area contributed by atoms with Crippen molar-refractivity contribution >= 4 is 5.97 Å². The van der Waals surface area contributed by atoms with Gasteiger partial charge in [0.05, 0.1) is 5.56 Å². The van der Waals surface area contributed by atoms with Crippen LogP contribution in [0.1, 0.15) is 36.2 Å². The van der Waals surface area contributed by atoms with E-state index in [9.17, 15) is 4.79 Å². The average Bonchev–Trinajstić information content (AvgIpc) is 2.29. The van der Waals surface area contributed by atoms with E-state index in [0.717, 1.165) is 25.1 Å². The van der Waals surface area contributed by atoms with Gasteiger partial charge < -0.3 is 5.11 Å². The van der Waals surface area contributed by atoms with Crippen LogP contribution < -0.4 is 0 Å². The Morgan fingerprint density at radius 3 is 2.56 bits per heavy atom. The summed E-state index contributed by atoms with van der Waals surface area (Å²) in [5.74, 6) is -0.844. The van der Waals surface area contributed by atoms with Gasteiger partial charge in [-0.1, -0.05) is 32.0 Å². The molecule has 0 bridgehead atoms. The summed E-state index contributed by atoms with van der Waals surface area (Å²) in [5.41, 5.74) is 1.31. The Labute approximate surface area is 96.7 Å². The monoisotopic (exact) mass is 221 g/mol. The molecule has 0 saturated heterocycles. The number of aromatic carboxylic acids is 1. The number of hydrogen-bond donors (Lipinski definition) is 1. The van der Waals surface area contributed by atoms with Crippen molar-refractivity contribution in [1.29, 1.82) is 0 Å². The molecule has 1 aromatic rings. The Balaban J connectivity index is 2.82. The van der Waals surface area contributed by atoms with Gasteiger partial charge in [0, 0.05) is 6.54 Å². The molecule has 0 amide bonds. The van der Waals surface area contributed by atoms with Gasteiger partial charge in [-0.25, -0.2) is 4.79 Å². The van der Waals surface area contributed by atoms with E-state index in [1.54, 1.807) is 12.1 Å². The molecule has 3 nitrogen and oxygen atoms in total. The van der Waals surface area contributed by atoms with E-state index in [0.29, 0.717) is 12.1 Å². The van der Waals surface area contributed by atoms with Crippen LogP contribution in [0.2, 0.25) is 0 Å². The van der Waals surface area contributed by atoms with Crippen LogP contribution in [0.25, 0.3) is 0 Å². The molecule has 0 aliphatic heterocycles. The zero-order valence-corrected chi connectivity index (χ0v) is 9.94. The summed E-state index contributed by atoms with van der Waals surface area (Å²) < 4.78 is 0. The first-order valence-corrected chi connectivity index (χ1v) is 5.72. The van der Waals surface area contributed by atoms with Gasteiger partial charge in [-0.3, -0.25) is 4.90 Å².